The van der Waals surface area contributed by atoms with Crippen LogP contribution in [-0.4, -0.2) is 29.7 Å². The van der Waals surface area contributed by atoms with Crippen LogP contribution in [0.2, 0.25) is 0 Å². The van der Waals surface area contributed by atoms with Gasteiger partial charge in [-0.25, -0.2) is 4.79 Å². The molecule has 1 aromatic carbocycles. The third kappa shape index (κ3) is 3.29. The lowest BCUT2D eigenvalue weighted by Crippen LogP contribution is -2.22. The van der Waals surface area contributed by atoms with Crippen LogP contribution in [0.1, 0.15) is 37.6 Å². The third-order valence-electron chi connectivity index (χ3n) is 3.66. The summed E-state index contributed by atoms with van der Waals surface area (Å²) in [5.74, 6) is -0.806. The molecule has 2 aromatic rings. The smallest absolute Gasteiger partial charge is 0.340 e. The number of aromatic amines is 1. The fourth-order valence-electron chi connectivity index (χ4n) is 2.31. The van der Waals surface area contributed by atoms with Crippen molar-refractivity contribution in [2.24, 2.45) is 5.41 Å². The third-order valence-corrected chi connectivity index (χ3v) is 3.66. The molecule has 114 valence electrons. The number of nitrogens with one attached hydrogen (secondary N) is 1. The van der Waals surface area contributed by atoms with Crippen LogP contribution in [0.25, 0.3) is 10.9 Å². The molecule has 0 amide bonds. The van der Waals surface area contributed by atoms with Gasteiger partial charge in [0.15, 0.2) is 0 Å². The summed E-state index contributed by atoms with van der Waals surface area (Å²) < 4.78 is 0. The second-order valence-electron chi connectivity index (χ2n) is 6.68. The minimum atomic E-state index is -1.01. The van der Waals surface area contributed by atoms with Gasteiger partial charge >= 0.3 is 5.97 Å². The average Bonchev–Trinajstić information content (AvgIpc) is 2.69. The zero-order valence-electron chi connectivity index (χ0n) is 13.0. The summed E-state index contributed by atoms with van der Waals surface area (Å²) in [5, 5.41) is 9.84. The SMILES string of the molecule is CN(CCC(C)(C)C)c1ccc2c(C(=O)O)c(N)[nH]c2c1. The second-order valence-corrected chi connectivity index (χ2v) is 6.68. The van der Waals surface area contributed by atoms with Crippen LogP contribution < -0.4 is 10.6 Å². The number of aromatic carboxylic acids is 1. The number of anilines is 2. The molecule has 0 aliphatic carbocycles. The Labute approximate surface area is 124 Å². The lowest BCUT2D eigenvalue weighted by molar-refractivity contribution is 0.0700. The van der Waals surface area contributed by atoms with Crippen molar-refractivity contribution in [3.8, 4) is 0 Å². The lowest BCUT2D eigenvalue weighted by atomic mass is 9.92. The standard InChI is InChI=1S/C16H23N3O2/c1-16(2,3)7-8-19(4)10-5-6-11-12(9-10)18-14(17)13(11)15(20)21/h5-6,9,18H,7-8,17H2,1-4H3,(H,20,21). The molecule has 0 saturated heterocycles. The number of nitrogens with two attached hydrogens (primary N) is 1. The number of nitrogen functional groups attached to an aromatic ring is 1. The van der Waals surface area contributed by atoms with Gasteiger partial charge in [-0.2, -0.15) is 0 Å². The Kier molecular flexibility index (Phi) is 3.85. The largest absolute Gasteiger partial charge is 0.478 e. The molecule has 2 rings (SSSR count). The second kappa shape index (κ2) is 5.31. The highest BCUT2D eigenvalue weighted by Gasteiger charge is 2.17. The maximum atomic E-state index is 11.2. The van der Waals surface area contributed by atoms with E-state index in [1.807, 2.05) is 25.2 Å². The van der Waals surface area contributed by atoms with Crippen molar-refractivity contribution in [3.05, 3.63) is 23.8 Å². The topological polar surface area (TPSA) is 82.3 Å². The van der Waals surface area contributed by atoms with Gasteiger partial charge in [-0.3, -0.25) is 0 Å². The molecule has 0 bridgehead atoms. The van der Waals surface area contributed by atoms with Crippen molar-refractivity contribution in [1.82, 2.24) is 4.98 Å². The minimum Gasteiger partial charge on any atom is -0.478 e. The van der Waals surface area contributed by atoms with Crippen LogP contribution >= 0.6 is 0 Å². The molecule has 5 heteroatoms. The Morgan fingerprint density at radius 1 is 1.38 bits per heavy atom. The number of fused-ring (bicyclic) bond motifs is 1. The van der Waals surface area contributed by atoms with Gasteiger partial charge in [-0.05, 0) is 30.0 Å². The monoisotopic (exact) mass is 289 g/mol. The van der Waals surface area contributed by atoms with E-state index >= 15 is 0 Å². The molecule has 5 nitrogen and oxygen atoms in total. The van der Waals surface area contributed by atoms with Gasteiger partial charge in [0.1, 0.15) is 11.4 Å². The molecule has 21 heavy (non-hydrogen) atoms. The maximum absolute atomic E-state index is 11.2. The van der Waals surface area contributed by atoms with Gasteiger partial charge in [0, 0.05) is 30.2 Å². The molecule has 0 atom stereocenters. The van der Waals surface area contributed by atoms with Gasteiger partial charge in [0.2, 0.25) is 0 Å². The number of carboxylic acids is 1. The van der Waals surface area contributed by atoms with Crippen molar-refractivity contribution >= 4 is 28.4 Å². The number of carbonyl (C=O) groups is 1. The molecule has 4 N–H and O–H groups in total. The van der Waals surface area contributed by atoms with E-state index in [0.717, 1.165) is 24.2 Å². The van der Waals surface area contributed by atoms with E-state index in [1.54, 1.807) is 0 Å². The first-order valence-corrected chi connectivity index (χ1v) is 7.05. The predicted molar refractivity (Wildman–Crippen MR) is 87.0 cm³/mol. The Morgan fingerprint density at radius 3 is 2.62 bits per heavy atom. The number of nitrogens with zero attached hydrogens (tertiary/aromatic N) is 1. The lowest BCUT2D eigenvalue weighted by Gasteiger charge is -2.25. The van der Waals surface area contributed by atoms with E-state index in [2.05, 4.69) is 30.7 Å². The highest BCUT2D eigenvalue weighted by Crippen LogP contribution is 2.28. The van der Waals surface area contributed by atoms with Crippen LogP contribution in [0, 0.1) is 5.41 Å². The van der Waals surface area contributed by atoms with E-state index in [0.29, 0.717) is 5.39 Å². The van der Waals surface area contributed by atoms with Crippen LogP contribution in [0.5, 0.6) is 0 Å². The summed E-state index contributed by atoms with van der Waals surface area (Å²) in [6.45, 7) is 7.59. The molecule has 1 aromatic heterocycles. The van der Waals surface area contributed by atoms with E-state index in [9.17, 15) is 9.90 Å². The fraction of sp³-hybridized carbons (Fsp3) is 0.438. The highest BCUT2D eigenvalue weighted by atomic mass is 16.4. The van der Waals surface area contributed by atoms with E-state index in [4.69, 9.17) is 5.73 Å². The zero-order valence-corrected chi connectivity index (χ0v) is 13.0. The molecule has 0 aliphatic heterocycles. The Balaban J connectivity index is 2.29. The highest BCUT2D eigenvalue weighted by molar-refractivity contribution is 6.08. The molecular formula is C16H23N3O2. The normalized spacial score (nSPS) is 11.8. The number of hydrogen-bond donors (Lipinski definition) is 3. The molecule has 0 spiro atoms. The van der Waals surface area contributed by atoms with Crippen molar-refractivity contribution in [1.29, 1.82) is 0 Å². The molecule has 0 fully saturated rings. The fourth-order valence-corrected chi connectivity index (χ4v) is 2.31. The molecule has 0 aliphatic rings. The van der Waals surface area contributed by atoms with E-state index in [1.165, 1.54) is 0 Å². The van der Waals surface area contributed by atoms with Gasteiger partial charge in [-0.15, -0.1) is 0 Å². The molecular weight excluding hydrogens is 266 g/mol. The van der Waals surface area contributed by atoms with E-state index < -0.39 is 5.97 Å². The van der Waals surface area contributed by atoms with Crippen molar-refractivity contribution in [3.63, 3.8) is 0 Å². The van der Waals surface area contributed by atoms with Gasteiger partial charge in [0.05, 0.1) is 0 Å². The zero-order chi connectivity index (χ0) is 15.8. The first kappa shape index (κ1) is 15.2. The number of hydrogen-bond acceptors (Lipinski definition) is 3. The Bertz CT molecular complexity index is 668. The molecule has 0 radical (unpaired) electrons. The quantitative estimate of drug-likeness (QED) is 0.806. The summed E-state index contributed by atoms with van der Waals surface area (Å²) >= 11 is 0. The van der Waals surface area contributed by atoms with Crippen molar-refractivity contribution in [2.75, 3.05) is 24.2 Å². The van der Waals surface area contributed by atoms with E-state index in [-0.39, 0.29) is 16.8 Å². The molecule has 1 heterocycles. The van der Waals surface area contributed by atoms with Crippen LogP contribution in [0.3, 0.4) is 0 Å². The Hall–Kier alpha value is -2.17. The summed E-state index contributed by atoms with van der Waals surface area (Å²) in [6, 6.07) is 5.69. The Morgan fingerprint density at radius 2 is 2.05 bits per heavy atom. The summed E-state index contributed by atoms with van der Waals surface area (Å²) in [6.07, 6.45) is 1.08. The van der Waals surface area contributed by atoms with Gasteiger partial charge < -0.3 is 20.7 Å². The molecule has 0 unspecified atom stereocenters. The summed E-state index contributed by atoms with van der Waals surface area (Å²) in [5.41, 5.74) is 7.98. The average molecular weight is 289 g/mol. The number of H-pyrrole nitrogens is 1. The summed E-state index contributed by atoms with van der Waals surface area (Å²) in [4.78, 5) is 16.3. The van der Waals surface area contributed by atoms with Crippen LogP contribution in [-0.2, 0) is 0 Å². The van der Waals surface area contributed by atoms with Crippen molar-refractivity contribution in [2.45, 2.75) is 27.2 Å². The van der Waals surface area contributed by atoms with Gasteiger partial charge in [0.25, 0.3) is 0 Å². The molecule has 0 saturated carbocycles. The summed E-state index contributed by atoms with van der Waals surface area (Å²) in [7, 11) is 2.04. The number of rotatable bonds is 4. The number of carboxylic acid groups (broad SMARTS) is 1. The first-order chi connectivity index (χ1) is 9.69. The maximum Gasteiger partial charge on any atom is 0.340 e. The van der Waals surface area contributed by atoms with Crippen molar-refractivity contribution < 1.29 is 9.90 Å². The predicted octanol–water partition coefficient (Wildman–Crippen LogP) is 3.32. The first-order valence-electron chi connectivity index (χ1n) is 7.05. The van der Waals surface area contributed by atoms with Crippen LogP contribution in [0.15, 0.2) is 18.2 Å². The minimum absolute atomic E-state index is 0.147. The van der Waals surface area contributed by atoms with Crippen LogP contribution in [0.4, 0.5) is 11.5 Å². The number of aromatic nitrogens is 1. The van der Waals surface area contributed by atoms with Gasteiger partial charge in [-0.1, -0.05) is 20.8 Å². The number of benzene rings is 1.